The van der Waals surface area contributed by atoms with Crippen molar-refractivity contribution >= 4 is 17.1 Å². The molecule has 0 aliphatic carbocycles. The molecule has 1 aliphatic rings. The molecule has 0 bridgehead atoms. The Hall–Kier alpha value is -3.09. The molecule has 7 heteroatoms. The van der Waals surface area contributed by atoms with Gasteiger partial charge in [0, 0.05) is 31.9 Å². The minimum absolute atomic E-state index is 0.261. The summed E-state index contributed by atoms with van der Waals surface area (Å²) in [6, 6.07) is 9.95. The molecule has 1 aromatic heterocycles. The highest BCUT2D eigenvalue weighted by molar-refractivity contribution is 5.75. The van der Waals surface area contributed by atoms with E-state index in [1.54, 1.807) is 30.5 Å². The number of piperazine rings is 1. The first-order chi connectivity index (χ1) is 12.6. The molecule has 0 atom stereocenters. The summed E-state index contributed by atoms with van der Waals surface area (Å²) < 4.78 is 18.3. The molecule has 1 aliphatic heterocycles. The maximum absolute atomic E-state index is 13.1. The Morgan fingerprint density at radius 2 is 1.65 bits per heavy atom. The Kier molecular flexibility index (Phi) is 4.20. The van der Waals surface area contributed by atoms with E-state index in [0.29, 0.717) is 49.9 Å². The van der Waals surface area contributed by atoms with E-state index in [-0.39, 0.29) is 5.82 Å². The summed E-state index contributed by atoms with van der Waals surface area (Å²) in [5.74, 6) is 0.438. The maximum Gasteiger partial charge on any atom is 0.253 e. The van der Waals surface area contributed by atoms with E-state index in [9.17, 15) is 14.0 Å². The third kappa shape index (κ3) is 2.96. The largest absolute Gasteiger partial charge is 0.467 e. The molecule has 0 unspecified atom stereocenters. The Bertz CT molecular complexity index is 951. The molecule has 2 aromatic carbocycles. The molecular weight excluding hydrogens is 337 g/mol. The van der Waals surface area contributed by atoms with E-state index in [4.69, 9.17) is 4.42 Å². The second kappa shape index (κ2) is 6.67. The number of rotatable bonds is 5. The van der Waals surface area contributed by atoms with Crippen molar-refractivity contribution in [2.45, 2.75) is 6.54 Å². The Balaban J connectivity index is 1.43. The number of benzene rings is 1. The van der Waals surface area contributed by atoms with Gasteiger partial charge in [0.15, 0.2) is 0 Å². The summed E-state index contributed by atoms with van der Waals surface area (Å²) in [4.78, 5) is 28.0. The molecule has 0 amide bonds. The van der Waals surface area contributed by atoms with Gasteiger partial charge in [0.1, 0.15) is 23.0 Å². The van der Waals surface area contributed by atoms with E-state index < -0.39 is 10.9 Å². The molecule has 0 spiro atoms. The third-order valence-electron chi connectivity index (χ3n) is 4.69. The predicted molar refractivity (Wildman–Crippen MR) is 98.2 cm³/mol. The van der Waals surface area contributed by atoms with Crippen LogP contribution in [0.15, 0.2) is 56.7 Å². The van der Waals surface area contributed by atoms with Crippen LogP contribution in [0.4, 0.5) is 21.5 Å². The summed E-state index contributed by atoms with van der Waals surface area (Å²) in [6.45, 7) is 3.00. The minimum atomic E-state index is -0.479. The van der Waals surface area contributed by atoms with Gasteiger partial charge >= 0.3 is 0 Å². The number of hydrogen-bond donors (Lipinski definition) is 1. The zero-order valence-corrected chi connectivity index (χ0v) is 14.1. The SMILES string of the molecule is O=c1c(NCc2ccco2)c(N2CCN(c3ccc(F)cc3)CC2)c1=O. The van der Waals surface area contributed by atoms with Gasteiger partial charge in [0.2, 0.25) is 0 Å². The zero-order chi connectivity index (χ0) is 18.1. The highest BCUT2D eigenvalue weighted by atomic mass is 19.1. The van der Waals surface area contributed by atoms with E-state index in [2.05, 4.69) is 10.2 Å². The fourth-order valence-corrected chi connectivity index (χ4v) is 3.27. The Labute approximate surface area is 149 Å². The number of anilines is 3. The van der Waals surface area contributed by atoms with Crippen LogP contribution in [-0.4, -0.2) is 26.2 Å². The van der Waals surface area contributed by atoms with Crippen molar-refractivity contribution in [2.24, 2.45) is 0 Å². The normalized spacial score (nSPS) is 14.8. The fraction of sp³-hybridized carbons (Fsp3) is 0.263. The summed E-state index contributed by atoms with van der Waals surface area (Å²) >= 11 is 0. The predicted octanol–water partition coefficient (Wildman–Crippen LogP) is 1.95. The number of hydrogen-bond acceptors (Lipinski definition) is 6. The topological polar surface area (TPSA) is 65.8 Å². The van der Waals surface area contributed by atoms with Crippen LogP contribution in [0.25, 0.3) is 0 Å². The van der Waals surface area contributed by atoms with Crippen LogP contribution in [0.5, 0.6) is 0 Å². The van der Waals surface area contributed by atoms with Crippen molar-refractivity contribution < 1.29 is 8.81 Å². The van der Waals surface area contributed by atoms with Gasteiger partial charge in [-0.05, 0) is 36.4 Å². The highest BCUT2D eigenvalue weighted by Crippen LogP contribution is 2.24. The van der Waals surface area contributed by atoms with Gasteiger partial charge in [-0.15, -0.1) is 0 Å². The average molecular weight is 355 g/mol. The summed E-state index contributed by atoms with van der Waals surface area (Å²) in [5, 5.41) is 3.02. The monoisotopic (exact) mass is 355 g/mol. The van der Waals surface area contributed by atoms with Gasteiger partial charge in [0.05, 0.1) is 12.8 Å². The van der Waals surface area contributed by atoms with Gasteiger partial charge in [0.25, 0.3) is 10.9 Å². The molecule has 2 heterocycles. The van der Waals surface area contributed by atoms with Crippen LogP contribution >= 0.6 is 0 Å². The quantitative estimate of drug-likeness (QED) is 0.706. The number of nitrogens with one attached hydrogen (secondary N) is 1. The van der Waals surface area contributed by atoms with Crippen molar-refractivity contribution in [2.75, 3.05) is 41.3 Å². The lowest BCUT2D eigenvalue weighted by Gasteiger charge is -2.38. The van der Waals surface area contributed by atoms with Gasteiger partial charge in [-0.25, -0.2) is 4.39 Å². The van der Waals surface area contributed by atoms with Gasteiger partial charge in [-0.1, -0.05) is 0 Å². The van der Waals surface area contributed by atoms with Gasteiger partial charge in [-0.2, -0.15) is 0 Å². The smallest absolute Gasteiger partial charge is 0.253 e. The second-order valence-corrected chi connectivity index (χ2v) is 6.27. The van der Waals surface area contributed by atoms with Crippen molar-refractivity contribution in [3.05, 3.63) is 74.7 Å². The van der Waals surface area contributed by atoms with E-state index in [1.807, 2.05) is 4.90 Å². The lowest BCUT2D eigenvalue weighted by atomic mass is 10.1. The molecular formula is C19H18FN3O3. The molecule has 3 aromatic rings. The van der Waals surface area contributed by atoms with Crippen LogP contribution in [0, 0.1) is 5.82 Å². The van der Waals surface area contributed by atoms with Crippen molar-refractivity contribution in [1.29, 1.82) is 0 Å². The lowest BCUT2D eigenvalue weighted by molar-refractivity contribution is 0.518. The number of furan rings is 1. The van der Waals surface area contributed by atoms with Crippen LogP contribution in [0.1, 0.15) is 5.76 Å². The average Bonchev–Trinajstić information content (AvgIpc) is 3.19. The van der Waals surface area contributed by atoms with Crippen molar-refractivity contribution in [3.63, 3.8) is 0 Å². The zero-order valence-electron chi connectivity index (χ0n) is 14.1. The number of nitrogens with zero attached hydrogens (tertiary/aromatic N) is 2. The summed E-state index contributed by atoms with van der Waals surface area (Å²) in [5.41, 5.74) is 0.851. The molecule has 0 saturated carbocycles. The van der Waals surface area contributed by atoms with Crippen LogP contribution in [0.2, 0.25) is 0 Å². The van der Waals surface area contributed by atoms with E-state index in [0.717, 1.165) is 5.69 Å². The summed E-state index contributed by atoms with van der Waals surface area (Å²) in [7, 11) is 0. The molecule has 1 N–H and O–H groups in total. The first-order valence-electron chi connectivity index (χ1n) is 8.48. The van der Waals surface area contributed by atoms with E-state index in [1.165, 1.54) is 12.1 Å². The van der Waals surface area contributed by atoms with Crippen LogP contribution in [-0.2, 0) is 6.54 Å². The molecule has 26 heavy (non-hydrogen) atoms. The standard InChI is InChI=1S/C19H18FN3O3/c20-13-3-5-14(6-4-13)22-7-9-23(10-8-22)17-16(18(24)19(17)25)21-12-15-2-1-11-26-15/h1-6,11,21H,7-10,12H2. The van der Waals surface area contributed by atoms with Crippen LogP contribution in [0.3, 0.4) is 0 Å². The first-order valence-corrected chi connectivity index (χ1v) is 8.48. The third-order valence-corrected chi connectivity index (χ3v) is 4.69. The van der Waals surface area contributed by atoms with Crippen molar-refractivity contribution in [1.82, 2.24) is 0 Å². The Morgan fingerprint density at radius 1 is 0.962 bits per heavy atom. The molecule has 4 rings (SSSR count). The molecule has 1 saturated heterocycles. The highest BCUT2D eigenvalue weighted by Gasteiger charge is 2.28. The second-order valence-electron chi connectivity index (χ2n) is 6.27. The van der Waals surface area contributed by atoms with Gasteiger partial charge in [-0.3, -0.25) is 9.59 Å². The molecule has 134 valence electrons. The lowest BCUT2D eigenvalue weighted by Crippen LogP contribution is -2.51. The van der Waals surface area contributed by atoms with Gasteiger partial charge < -0.3 is 19.5 Å². The number of halogens is 1. The maximum atomic E-state index is 13.1. The minimum Gasteiger partial charge on any atom is -0.467 e. The Morgan fingerprint density at radius 3 is 2.31 bits per heavy atom. The van der Waals surface area contributed by atoms with Crippen molar-refractivity contribution in [3.8, 4) is 0 Å². The van der Waals surface area contributed by atoms with Crippen LogP contribution < -0.4 is 26.0 Å². The summed E-state index contributed by atoms with van der Waals surface area (Å²) in [6.07, 6.45) is 1.56. The van der Waals surface area contributed by atoms with E-state index >= 15 is 0 Å². The molecule has 0 radical (unpaired) electrons. The molecule has 1 fully saturated rings. The molecule has 6 nitrogen and oxygen atoms in total. The fourth-order valence-electron chi connectivity index (χ4n) is 3.27. The first kappa shape index (κ1) is 16.4.